The highest BCUT2D eigenvalue weighted by atomic mass is 35.5. The summed E-state index contributed by atoms with van der Waals surface area (Å²) in [5.74, 6) is -0.481. The van der Waals surface area contributed by atoms with E-state index in [9.17, 15) is 18.0 Å². The predicted octanol–water partition coefficient (Wildman–Crippen LogP) is 2.29. The Morgan fingerprint density at radius 1 is 1.45 bits per heavy atom. The molecule has 0 aliphatic carbocycles. The fourth-order valence-electron chi connectivity index (χ4n) is 1.75. The topological polar surface area (TPSA) is 50.4 Å². The zero-order valence-electron chi connectivity index (χ0n) is 10.3. The molecule has 0 radical (unpaired) electrons. The Hall–Kier alpha value is -1.31. The molecular formula is C12H12ClF3N2O2. The molecule has 0 saturated carbocycles. The van der Waals surface area contributed by atoms with E-state index < -0.39 is 23.7 Å². The summed E-state index contributed by atoms with van der Waals surface area (Å²) in [5.41, 5.74) is -0.941. The van der Waals surface area contributed by atoms with Crippen molar-refractivity contribution in [3.05, 3.63) is 28.8 Å². The van der Waals surface area contributed by atoms with E-state index in [2.05, 4.69) is 10.6 Å². The molecule has 1 aromatic rings. The lowest BCUT2D eigenvalue weighted by Gasteiger charge is -2.23. The average Bonchev–Trinajstić information content (AvgIpc) is 2.41. The van der Waals surface area contributed by atoms with E-state index in [1.807, 2.05) is 0 Å². The lowest BCUT2D eigenvalue weighted by atomic mass is 10.2. The van der Waals surface area contributed by atoms with Crippen LogP contribution in [0.1, 0.15) is 5.56 Å². The van der Waals surface area contributed by atoms with E-state index in [0.29, 0.717) is 13.2 Å². The third kappa shape index (κ3) is 3.62. The van der Waals surface area contributed by atoms with Crippen LogP contribution in [0.15, 0.2) is 18.2 Å². The van der Waals surface area contributed by atoms with Crippen LogP contribution in [-0.2, 0) is 15.7 Å². The Balaban J connectivity index is 2.13. The Kier molecular flexibility index (Phi) is 4.52. The molecule has 0 aromatic heterocycles. The number of ether oxygens (including phenoxy) is 1. The van der Waals surface area contributed by atoms with Crippen molar-refractivity contribution in [2.45, 2.75) is 12.2 Å². The zero-order chi connectivity index (χ0) is 14.8. The molecule has 1 fully saturated rings. The van der Waals surface area contributed by atoms with Crippen molar-refractivity contribution in [2.75, 3.05) is 25.1 Å². The molecule has 4 nitrogen and oxygen atoms in total. The van der Waals surface area contributed by atoms with Gasteiger partial charge < -0.3 is 15.4 Å². The number of nitrogens with one attached hydrogen (secondary N) is 2. The molecule has 1 amide bonds. The molecule has 110 valence electrons. The van der Waals surface area contributed by atoms with Crippen LogP contribution in [0.25, 0.3) is 0 Å². The van der Waals surface area contributed by atoms with E-state index in [1.165, 1.54) is 0 Å². The van der Waals surface area contributed by atoms with Crippen molar-refractivity contribution in [2.24, 2.45) is 0 Å². The van der Waals surface area contributed by atoms with Gasteiger partial charge in [-0.2, -0.15) is 13.2 Å². The molecule has 1 aliphatic heterocycles. The van der Waals surface area contributed by atoms with Crippen LogP contribution in [0.3, 0.4) is 0 Å². The first-order valence-corrected chi connectivity index (χ1v) is 6.24. The van der Waals surface area contributed by atoms with Gasteiger partial charge in [0.2, 0.25) is 5.91 Å². The van der Waals surface area contributed by atoms with Crippen LogP contribution in [-0.4, -0.2) is 31.7 Å². The number of halogens is 4. The van der Waals surface area contributed by atoms with Gasteiger partial charge in [0.25, 0.3) is 0 Å². The van der Waals surface area contributed by atoms with E-state index in [1.54, 1.807) is 0 Å². The van der Waals surface area contributed by atoms with Crippen LogP contribution in [0.2, 0.25) is 5.02 Å². The molecule has 2 N–H and O–H groups in total. The summed E-state index contributed by atoms with van der Waals surface area (Å²) < 4.78 is 42.9. The number of hydrogen-bond donors (Lipinski definition) is 2. The molecule has 20 heavy (non-hydrogen) atoms. The number of anilines is 1. The number of carbonyl (C=O) groups excluding carboxylic acids is 1. The van der Waals surface area contributed by atoms with Gasteiger partial charge in [-0.25, -0.2) is 0 Å². The maximum atomic E-state index is 12.6. The van der Waals surface area contributed by atoms with E-state index in [4.69, 9.17) is 16.3 Å². The van der Waals surface area contributed by atoms with Crippen molar-refractivity contribution in [3.63, 3.8) is 0 Å². The molecule has 1 atom stereocenters. The Bertz CT molecular complexity index is 502. The highest BCUT2D eigenvalue weighted by Crippen LogP contribution is 2.33. The van der Waals surface area contributed by atoms with Gasteiger partial charge in [-0.15, -0.1) is 0 Å². The highest BCUT2D eigenvalue weighted by Gasteiger charge is 2.31. The van der Waals surface area contributed by atoms with Gasteiger partial charge in [0.15, 0.2) is 0 Å². The summed E-state index contributed by atoms with van der Waals surface area (Å²) in [5, 5.41) is 5.32. The van der Waals surface area contributed by atoms with Gasteiger partial charge in [-0.3, -0.25) is 4.79 Å². The molecule has 8 heteroatoms. The smallest absolute Gasteiger partial charge is 0.378 e. The van der Waals surface area contributed by atoms with Crippen LogP contribution in [0, 0.1) is 0 Å². The van der Waals surface area contributed by atoms with Crippen LogP contribution in [0.4, 0.5) is 18.9 Å². The summed E-state index contributed by atoms with van der Waals surface area (Å²) in [6.07, 6.45) is -4.49. The third-order valence-corrected chi connectivity index (χ3v) is 3.12. The van der Waals surface area contributed by atoms with Crippen molar-refractivity contribution in [1.82, 2.24) is 5.32 Å². The summed E-state index contributed by atoms with van der Waals surface area (Å²) in [7, 11) is 0. The maximum absolute atomic E-state index is 12.6. The number of alkyl halides is 3. The van der Waals surface area contributed by atoms with Crippen LogP contribution < -0.4 is 10.6 Å². The summed E-state index contributed by atoms with van der Waals surface area (Å²) in [4.78, 5) is 11.9. The predicted molar refractivity (Wildman–Crippen MR) is 67.7 cm³/mol. The number of hydrogen-bond acceptors (Lipinski definition) is 3. The minimum Gasteiger partial charge on any atom is -0.378 e. The minimum atomic E-state index is -4.49. The molecular weight excluding hydrogens is 297 g/mol. The highest BCUT2D eigenvalue weighted by molar-refractivity contribution is 6.33. The zero-order valence-corrected chi connectivity index (χ0v) is 11.0. The van der Waals surface area contributed by atoms with Gasteiger partial charge in [-0.05, 0) is 18.2 Å². The first kappa shape index (κ1) is 15.1. The number of morpholine rings is 1. The second-order valence-electron chi connectivity index (χ2n) is 4.26. The summed E-state index contributed by atoms with van der Waals surface area (Å²) in [6.45, 7) is 1.17. The monoisotopic (exact) mass is 308 g/mol. The van der Waals surface area contributed by atoms with E-state index in [-0.39, 0.29) is 17.3 Å². The maximum Gasteiger partial charge on any atom is 0.416 e. The number of amides is 1. The van der Waals surface area contributed by atoms with Gasteiger partial charge in [0, 0.05) is 6.54 Å². The fourth-order valence-corrected chi connectivity index (χ4v) is 1.92. The van der Waals surface area contributed by atoms with Crippen molar-refractivity contribution in [1.29, 1.82) is 0 Å². The normalized spacial score (nSPS) is 19.7. The number of benzene rings is 1. The Morgan fingerprint density at radius 3 is 2.80 bits per heavy atom. The summed E-state index contributed by atoms with van der Waals surface area (Å²) in [6, 6.07) is 2.17. The summed E-state index contributed by atoms with van der Waals surface area (Å²) >= 11 is 5.80. The second kappa shape index (κ2) is 5.99. The largest absolute Gasteiger partial charge is 0.416 e. The Labute approximate surface area is 118 Å². The second-order valence-corrected chi connectivity index (χ2v) is 4.67. The molecule has 2 rings (SSSR count). The molecule has 1 unspecified atom stereocenters. The van der Waals surface area contributed by atoms with Crippen LogP contribution in [0.5, 0.6) is 0 Å². The third-order valence-electron chi connectivity index (χ3n) is 2.79. The first-order chi connectivity index (χ1) is 9.38. The lowest BCUT2D eigenvalue weighted by Crippen LogP contribution is -2.48. The molecule has 1 heterocycles. The van der Waals surface area contributed by atoms with Crippen molar-refractivity contribution >= 4 is 23.2 Å². The average molecular weight is 309 g/mol. The molecule has 1 aliphatic rings. The molecule has 1 saturated heterocycles. The van der Waals surface area contributed by atoms with Crippen LogP contribution >= 0.6 is 11.6 Å². The number of carbonyl (C=O) groups is 1. The fraction of sp³-hybridized carbons (Fsp3) is 0.417. The lowest BCUT2D eigenvalue weighted by molar-refractivity contribution is -0.137. The molecule has 0 spiro atoms. The van der Waals surface area contributed by atoms with Gasteiger partial charge in [-0.1, -0.05) is 11.6 Å². The van der Waals surface area contributed by atoms with Gasteiger partial charge in [0.1, 0.15) is 6.04 Å². The standard InChI is InChI=1S/C12H12ClF3N2O2/c13-8-2-1-7(12(14,15)16)5-9(8)18-11(19)10-6-20-4-3-17-10/h1-2,5,10,17H,3-4,6H2,(H,18,19). The first-order valence-electron chi connectivity index (χ1n) is 5.86. The molecule has 1 aromatic carbocycles. The Morgan fingerprint density at radius 2 is 2.20 bits per heavy atom. The van der Waals surface area contributed by atoms with Gasteiger partial charge >= 0.3 is 6.18 Å². The van der Waals surface area contributed by atoms with Crippen molar-refractivity contribution in [3.8, 4) is 0 Å². The number of rotatable bonds is 2. The van der Waals surface area contributed by atoms with Crippen molar-refractivity contribution < 1.29 is 22.7 Å². The SMILES string of the molecule is O=C(Nc1cc(C(F)(F)F)ccc1Cl)C1COCCN1. The van der Waals surface area contributed by atoms with E-state index >= 15 is 0 Å². The quantitative estimate of drug-likeness (QED) is 0.881. The molecule has 0 bridgehead atoms. The minimum absolute atomic E-state index is 0.0445. The van der Waals surface area contributed by atoms with Gasteiger partial charge in [0.05, 0.1) is 29.5 Å². The van der Waals surface area contributed by atoms with E-state index in [0.717, 1.165) is 18.2 Å².